The Hall–Kier alpha value is -0.0400. The van der Waals surface area contributed by atoms with Gasteiger partial charge in [-0.2, -0.15) is 0 Å². The minimum atomic E-state index is 0.777. The summed E-state index contributed by atoms with van der Waals surface area (Å²) in [7, 11) is 0. The second kappa shape index (κ2) is 3.76. The topological polar surface area (TPSA) is 12.0 Å². The quantitative estimate of drug-likeness (QED) is 0.641. The van der Waals surface area contributed by atoms with Gasteiger partial charge in [0.05, 0.1) is 0 Å². The Morgan fingerprint density at radius 3 is 1.53 bits per heavy atom. The van der Waals surface area contributed by atoms with Crippen LogP contribution in [0.4, 0.5) is 0 Å². The summed E-state index contributed by atoms with van der Waals surface area (Å²) < 4.78 is 0. The highest BCUT2D eigenvalue weighted by Crippen LogP contribution is 2.55. The first kappa shape index (κ1) is 10.1. The van der Waals surface area contributed by atoms with Crippen molar-refractivity contribution in [1.29, 1.82) is 0 Å². The Kier molecular flexibility index (Phi) is 2.54. The van der Waals surface area contributed by atoms with E-state index in [0.29, 0.717) is 0 Å². The van der Waals surface area contributed by atoms with Crippen LogP contribution in [0.25, 0.3) is 0 Å². The van der Waals surface area contributed by atoms with Gasteiger partial charge >= 0.3 is 0 Å². The van der Waals surface area contributed by atoms with Gasteiger partial charge in [0.1, 0.15) is 0 Å². The van der Waals surface area contributed by atoms with Gasteiger partial charge in [0.15, 0.2) is 0 Å². The molecule has 2 spiro atoms. The average Bonchev–Trinajstić information content (AvgIpc) is 2.74. The monoisotopic (exact) mass is 207 g/mol. The Balaban J connectivity index is 1.63. The van der Waals surface area contributed by atoms with Crippen LogP contribution in [0.15, 0.2) is 0 Å². The molecule has 3 rings (SSSR count). The van der Waals surface area contributed by atoms with Crippen molar-refractivity contribution in [3.63, 3.8) is 0 Å². The molecule has 15 heavy (non-hydrogen) atoms. The van der Waals surface area contributed by atoms with E-state index in [1.54, 1.807) is 38.5 Å². The van der Waals surface area contributed by atoms with Crippen molar-refractivity contribution in [2.75, 3.05) is 13.1 Å². The number of piperidine rings is 1. The Morgan fingerprint density at radius 2 is 1.00 bits per heavy atom. The highest BCUT2D eigenvalue weighted by Gasteiger charge is 2.43. The molecular weight excluding hydrogens is 182 g/mol. The van der Waals surface area contributed by atoms with Crippen molar-refractivity contribution < 1.29 is 0 Å². The van der Waals surface area contributed by atoms with E-state index in [9.17, 15) is 0 Å². The highest BCUT2D eigenvalue weighted by atomic mass is 14.9. The minimum absolute atomic E-state index is 0.777. The molecule has 1 saturated heterocycles. The summed E-state index contributed by atoms with van der Waals surface area (Å²) in [6.07, 6.45) is 15.3. The fourth-order valence-corrected chi connectivity index (χ4v) is 4.39. The molecule has 1 aliphatic heterocycles. The smallest absolute Gasteiger partial charge is 0.00436 e. The second-order valence-electron chi connectivity index (χ2n) is 6.46. The zero-order valence-corrected chi connectivity index (χ0v) is 9.99. The molecule has 2 aliphatic carbocycles. The standard InChI is InChI=1S/C14H25N/c1-2-4-13(3-1)5-7-14(8-6-13)9-11-15-12-10-14/h15H,1-12H2. The third-order valence-corrected chi connectivity index (χ3v) is 5.70. The molecule has 0 amide bonds. The lowest BCUT2D eigenvalue weighted by Crippen LogP contribution is -2.41. The first-order chi connectivity index (χ1) is 7.33. The van der Waals surface area contributed by atoms with Crippen LogP contribution in [0.1, 0.15) is 64.2 Å². The molecule has 0 radical (unpaired) electrons. The van der Waals surface area contributed by atoms with E-state index in [-0.39, 0.29) is 0 Å². The van der Waals surface area contributed by atoms with Gasteiger partial charge in [-0.25, -0.2) is 0 Å². The van der Waals surface area contributed by atoms with Gasteiger partial charge in [-0.15, -0.1) is 0 Å². The van der Waals surface area contributed by atoms with Crippen LogP contribution in [0, 0.1) is 10.8 Å². The number of rotatable bonds is 0. The summed E-state index contributed by atoms with van der Waals surface area (Å²) in [6, 6.07) is 0. The SMILES string of the molecule is C1CCC2(C1)CCC1(CCNCC1)CC2. The molecule has 0 unspecified atom stereocenters. The number of hydrogen-bond donors (Lipinski definition) is 1. The van der Waals surface area contributed by atoms with Crippen LogP contribution in [-0.2, 0) is 0 Å². The minimum Gasteiger partial charge on any atom is -0.317 e. The molecule has 0 bridgehead atoms. The molecule has 0 atom stereocenters. The van der Waals surface area contributed by atoms with Crippen LogP contribution in [0.3, 0.4) is 0 Å². The van der Waals surface area contributed by atoms with Crippen LogP contribution in [-0.4, -0.2) is 13.1 Å². The van der Waals surface area contributed by atoms with Gasteiger partial charge in [0, 0.05) is 0 Å². The maximum Gasteiger partial charge on any atom is -0.00436 e. The molecule has 3 fully saturated rings. The predicted molar refractivity (Wildman–Crippen MR) is 63.9 cm³/mol. The third kappa shape index (κ3) is 1.84. The molecule has 86 valence electrons. The molecule has 2 saturated carbocycles. The summed E-state index contributed by atoms with van der Waals surface area (Å²) in [5, 5.41) is 3.52. The van der Waals surface area contributed by atoms with Gasteiger partial charge < -0.3 is 5.32 Å². The molecule has 1 heterocycles. The van der Waals surface area contributed by atoms with Crippen molar-refractivity contribution in [2.24, 2.45) is 10.8 Å². The fraction of sp³-hybridized carbons (Fsp3) is 1.00. The first-order valence-corrected chi connectivity index (χ1v) is 7.04. The van der Waals surface area contributed by atoms with E-state index >= 15 is 0 Å². The zero-order valence-electron chi connectivity index (χ0n) is 9.99. The van der Waals surface area contributed by atoms with Crippen molar-refractivity contribution in [3.05, 3.63) is 0 Å². The summed E-state index contributed by atoms with van der Waals surface area (Å²) in [5.74, 6) is 0. The van der Waals surface area contributed by atoms with E-state index < -0.39 is 0 Å². The van der Waals surface area contributed by atoms with Gasteiger partial charge in [0.2, 0.25) is 0 Å². The molecule has 0 aromatic carbocycles. The molecular formula is C14H25N. The summed E-state index contributed by atoms with van der Waals surface area (Å²) in [4.78, 5) is 0. The number of nitrogens with one attached hydrogen (secondary N) is 1. The van der Waals surface area contributed by atoms with Gasteiger partial charge in [-0.1, -0.05) is 12.8 Å². The van der Waals surface area contributed by atoms with Crippen LogP contribution >= 0.6 is 0 Å². The van der Waals surface area contributed by atoms with Crippen molar-refractivity contribution in [3.8, 4) is 0 Å². The van der Waals surface area contributed by atoms with E-state index in [4.69, 9.17) is 0 Å². The largest absolute Gasteiger partial charge is 0.317 e. The molecule has 1 nitrogen and oxygen atoms in total. The van der Waals surface area contributed by atoms with Crippen LogP contribution in [0.2, 0.25) is 0 Å². The lowest BCUT2D eigenvalue weighted by molar-refractivity contribution is 0.0545. The summed E-state index contributed by atoms with van der Waals surface area (Å²) >= 11 is 0. The predicted octanol–water partition coefficient (Wildman–Crippen LogP) is 3.49. The normalized spacial score (nSPS) is 33.6. The molecule has 3 aliphatic rings. The third-order valence-electron chi connectivity index (χ3n) is 5.70. The molecule has 1 N–H and O–H groups in total. The highest BCUT2D eigenvalue weighted by molar-refractivity contribution is 4.96. The maximum absolute atomic E-state index is 3.52. The number of hydrogen-bond acceptors (Lipinski definition) is 1. The summed E-state index contributed by atoms with van der Waals surface area (Å²) in [5.41, 5.74) is 1.61. The molecule has 0 aromatic heterocycles. The van der Waals surface area contributed by atoms with Crippen molar-refractivity contribution >= 4 is 0 Å². The Labute approximate surface area is 94.0 Å². The second-order valence-corrected chi connectivity index (χ2v) is 6.46. The average molecular weight is 207 g/mol. The van der Waals surface area contributed by atoms with Gasteiger partial charge in [-0.05, 0) is 75.3 Å². The van der Waals surface area contributed by atoms with Crippen molar-refractivity contribution in [2.45, 2.75) is 64.2 Å². The van der Waals surface area contributed by atoms with Crippen LogP contribution < -0.4 is 5.32 Å². The first-order valence-electron chi connectivity index (χ1n) is 7.04. The fourth-order valence-electron chi connectivity index (χ4n) is 4.39. The van der Waals surface area contributed by atoms with Crippen LogP contribution in [0.5, 0.6) is 0 Å². The van der Waals surface area contributed by atoms with E-state index in [1.807, 2.05) is 0 Å². The van der Waals surface area contributed by atoms with E-state index in [1.165, 1.54) is 38.8 Å². The van der Waals surface area contributed by atoms with E-state index in [0.717, 1.165) is 10.8 Å². The maximum atomic E-state index is 3.52. The molecule has 1 heteroatoms. The summed E-state index contributed by atoms with van der Waals surface area (Å²) in [6.45, 7) is 2.57. The Bertz CT molecular complexity index is 209. The van der Waals surface area contributed by atoms with Gasteiger partial charge in [-0.3, -0.25) is 0 Å². The van der Waals surface area contributed by atoms with Gasteiger partial charge in [0.25, 0.3) is 0 Å². The van der Waals surface area contributed by atoms with Crippen molar-refractivity contribution in [1.82, 2.24) is 5.32 Å². The lowest BCUT2D eigenvalue weighted by Gasteiger charge is -2.47. The zero-order chi connectivity index (χ0) is 10.2. The Morgan fingerprint density at radius 1 is 0.533 bits per heavy atom. The van der Waals surface area contributed by atoms with E-state index in [2.05, 4.69) is 5.32 Å². The molecule has 0 aromatic rings. The lowest BCUT2D eigenvalue weighted by atomic mass is 9.60.